The molecule has 2 unspecified atom stereocenters. The van der Waals surface area contributed by atoms with Crippen LogP contribution in [0.25, 0.3) is 0 Å². The van der Waals surface area contributed by atoms with Crippen LogP contribution in [-0.2, 0) is 0 Å². The molecule has 3 nitrogen and oxygen atoms in total. The lowest BCUT2D eigenvalue weighted by Crippen LogP contribution is -2.38. The van der Waals surface area contributed by atoms with Crippen LogP contribution in [0.3, 0.4) is 0 Å². The number of alkyl halides is 1. The van der Waals surface area contributed by atoms with Crippen molar-refractivity contribution in [1.82, 2.24) is 10.3 Å². The maximum Gasteiger partial charge on any atom is 0.270 e. The topological polar surface area (TPSA) is 42.0 Å². The molecule has 1 fully saturated rings. The van der Waals surface area contributed by atoms with Crippen LogP contribution in [0.1, 0.15) is 29.8 Å². The highest BCUT2D eigenvalue weighted by atomic mass is 79.9. The minimum absolute atomic E-state index is 0.0937. The van der Waals surface area contributed by atoms with Gasteiger partial charge in [-0.05, 0) is 40.9 Å². The molecule has 1 saturated carbocycles. The van der Waals surface area contributed by atoms with E-state index in [2.05, 4.69) is 42.2 Å². The summed E-state index contributed by atoms with van der Waals surface area (Å²) in [6, 6.07) is 3.78. The maximum absolute atomic E-state index is 11.8. The van der Waals surface area contributed by atoms with E-state index in [1.165, 1.54) is 0 Å². The average Bonchev–Trinajstić information content (AvgIpc) is 2.65. The van der Waals surface area contributed by atoms with Gasteiger partial charge in [0.15, 0.2) is 0 Å². The van der Waals surface area contributed by atoms with Gasteiger partial charge in [-0.3, -0.25) is 4.79 Å². The molecule has 2 atom stereocenters. The molecule has 1 aromatic rings. The monoisotopic (exact) mass is 346 g/mol. The summed E-state index contributed by atoms with van der Waals surface area (Å²) >= 11 is 6.87. The highest BCUT2D eigenvalue weighted by Gasteiger charge is 2.26. The van der Waals surface area contributed by atoms with E-state index in [1.54, 1.807) is 12.3 Å². The van der Waals surface area contributed by atoms with Crippen LogP contribution in [-0.4, -0.2) is 21.8 Å². The average molecular weight is 348 g/mol. The summed E-state index contributed by atoms with van der Waals surface area (Å²) in [5.41, 5.74) is 0.467. The molecular formula is C11H12Br2N2O. The normalized spacial score (nSPS) is 24.4. The number of carbonyl (C=O) groups is 1. The number of nitrogens with one attached hydrogen (secondary N) is 1. The Hall–Kier alpha value is -0.420. The zero-order valence-electron chi connectivity index (χ0n) is 8.62. The third-order valence-electron chi connectivity index (χ3n) is 2.71. The molecule has 16 heavy (non-hydrogen) atoms. The van der Waals surface area contributed by atoms with Gasteiger partial charge in [0, 0.05) is 21.5 Å². The quantitative estimate of drug-likeness (QED) is 0.836. The lowest BCUT2D eigenvalue weighted by Gasteiger charge is -2.15. The molecule has 0 bridgehead atoms. The third kappa shape index (κ3) is 2.83. The Morgan fingerprint density at radius 2 is 2.25 bits per heavy atom. The molecule has 0 spiro atoms. The molecular weight excluding hydrogens is 336 g/mol. The smallest absolute Gasteiger partial charge is 0.270 e. The number of pyridine rings is 1. The Labute approximate surface area is 111 Å². The zero-order valence-corrected chi connectivity index (χ0v) is 11.8. The third-order valence-corrected chi connectivity index (χ3v) is 4.27. The van der Waals surface area contributed by atoms with E-state index >= 15 is 0 Å². The minimum Gasteiger partial charge on any atom is -0.347 e. The SMILES string of the molecule is O=C(NC1CCCC1Br)c1ccc(Br)cn1. The van der Waals surface area contributed by atoms with Crippen molar-refractivity contribution in [1.29, 1.82) is 0 Å². The lowest BCUT2D eigenvalue weighted by molar-refractivity contribution is 0.0934. The van der Waals surface area contributed by atoms with E-state index in [9.17, 15) is 4.79 Å². The van der Waals surface area contributed by atoms with Gasteiger partial charge in [0.25, 0.3) is 5.91 Å². The van der Waals surface area contributed by atoms with Gasteiger partial charge >= 0.3 is 0 Å². The second-order valence-corrected chi connectivity index (χ2v) is 5.98. The van der Waals surface area contributed by atoms with Gasteiger partial charge < -0.3 is 5.32 Å². The van der Waals surface area contributed by atoms with Crippen molar-refractivity contribution in [3.63, 3.8) is 0 Å². The maximum atomic E-state index is 11.8. The van der Waals surface area contributed by atoms with Crippen LogP contribution >= 0.6 is 31.9 Å². The number of aromatic nitrogens is 1. The molecule has 1 N–H and O–H groups in total. The Kier molecular flexibility index (Phi) is 3.97. The predicted molar refractivity (Wildman–Crippen MR) is 69.8 cm³/mol. The fourth-order valence-corrected chi connectivity index (χ4v) is 2.78. The van der Waals surface area contributed by atoms with Gasteiger partial charge in [0.1, 0.15) is 5.69 Å². The molecule has 0 saturated heterocycles. The fourth-order valence-electron chi connectivity index (χ4n) is 1.83. The molecule has 1 aliphatic rings. The van der Waals surface area contributed by atoms with Crippen LogP contribution < -0.4 is 5.32 Å². The largest absolute Gasteiger partial charge is 0.347 e. The van der Waals surface area contributed by atoms with E-state index in [-0.39, 0.29) is 11.9 Å². The molecule has 0 aromatic carbocycles. The predicted octanol–water partition coefficient (Wildman–Crippen LogP) is 2.89. The van der Waals surface area contributed by atoms with Gasteiger partial charge in [0.2, 0.25) is 0 Å². The Morgan fingerprint density at radius 1 is 1.44 bits per heavy atom. The summed E-state index contributed by atoms with van der Waals surface area (Å²) < 4.78 is 0.878. The Balaban J connectivity index is 2.00. The number of hydrogen-bond acceptors (Lipinski definition) is 2. The zero-order chi connectivity index (χ0) is 11.5. The summed E-state index contributed by atoms with van der Waals surface area (Å²) in [6.07, 6.45) is 4.96. The van der Waals surface area contributed by atoms with E-state index in [0.29, 0.717) is 10.5 Å². The highest BCUT2D eigenvalue weighted by Crippen LogP contribution is 2.25. The molecule has 86 valence electrons. The highest BCUT2D eigenvalue weighted by molar-refractivity contribution is 9.10. The Bertz CT molecular complexity index is 380. The van der Waals surface area contributed by atoms with Gasteiger partial charge in [-0.25, -0.2) is 4.98 Å². The van der Waals surface area contributed by atoms with Crippen LogP contribution in [0, 0.1) is 0 Å². The van der Waals surface area contributed by atoms with Gasteiger partial charge in [0.05, 0.1) is 0 Å². The van der Waals surface area contributed by atoms with E-state index in [1.807, 2.05) is 6.07 Å². The van der Waals surface area contributed by atoms with Crippen LogP contribution in [0.2, 0.25) is 0 Å². The van der Waals surface area contributed by atoms with Crippen molar-refractivity contribution >= 4 is 37.8 Å². The first-order valence-electron chi connectivity index (χ1n) is 5.23. The number of amides is 1. The van der Waals surface area contributed by atoms with Crippen molar-refractivity contribution in [2.45, 2.75) is 30.1 Å². The summed E-state index contributed by atoms with van der Waals surface area (Å²) in [5, 5.41) is 3.00. The molecule has 0 aliphatic heterocycles. The molecule has 5 heteroatoms. The minimum atomic E-state index is -0.0937. The summed E-state index contributed by atoms with van der Waals surface area (Å²) in [6.45, 7) is 0. The number of halogens is 2. The molecule has 1 amide bonds. The second-order valence-electron chi connectivity index (χ2n) is 3.89. The van der Waals surface area contributed by atoms with Crippen molar-refractivity contribution in [2.75, 3.05) is 0 Å². The molecule has 2 rings (SSSR count). The van der Waals surface area contributed by atoms with Crippen LogP contribution in [0.5, 0.6) is 0 Å². The van der Waals surface area contributed by atoms with Gasteiger partial charge in [-0.1, -0.05) is 22.4 Å². The number of rotatable bonds is 2. The number of hydrogen-bond donors (Lipinski definition) is 1. The van der Waals surface area contributed by atoms with Crippen molar-refractivity contribution in [3.8, 4) is 0 Å². The van der Waals surface area contributed by atoms with Crippen molar-refractivity contribution in [3.05, 3.63) is 28.5 Å². The number of nitrogens with zero attached hydrogens (tertiary/aromatic N) is 1. The van der Waals surface area contributed by atoms with E-state index in [0.717, 1.165) is 23.7 Å². The summed E-state index contributed by atoms with van der Waals surface area (Å²) in [5.74, 6) is -0.0937. The first-order chi connectivity index (χ1) is 7.66. The van der Waals surface area contributed by atoms with E-state index < -0.39 is 0 Å². The summed E-state index contributed by atoms with van der Waals surface area (Å²) in [7, 11) is 0. The molecule has 1 heterocycles. The van der Waals surface area contributed by atoms with Crippen LogP contribution in [0.15, 0.2) is 22.8 Å². The number of carbonyl (C=O) groups excluding carboxylic acids is 1. The van der Waals surface area contributed by atoms with Crippen molar-refractivity contribution in [2.24, 2.45) is 0 Å². The molecule has 1 aromatic heterocycles. The first-order valence-corrected chi connectivity index (χ1v) is 6.94. The molecule has 0 radical (unpaired) electrons. The lowest BCUT2D eigenvalue weighted by atomic mass is 10.2. The first kappa shape index (κ1) is 12.0. The standard InChI is InChI=1S/C11H12Br2N2O/c12-7-4-5-10(14-6-7)11(16)15-9-3-1-2-8(9)13/h4-6,8-9H,1-3H2,(H,15,16). The van der Waals surface area contributed by atoms with Gasteiger partial charge in [-0.15, -0.1) is 0 Å². The fraction of sp³-hybridized carbons (Fsp3) is 0.455. The van der Waals surface area contributed by atoms with E-state index in [4.69, 9.17) is 0 Å². The molecule has 1 aliphatic carbocycles. The summed E-state index contributed by atoms with van der Waals surface area (Å²) in [4.78, 5) is 16.3. The second kappa shape index (κ2) is 5.27. The van der Waals surface area contributed by atoms with Crippen molar-refractivity contribution < 1.29 is 4.79 Å². The van der Waals surface area contributed by atoms with Gasteiger partial charge in [-0.2, -0.15) is 0 Å². The van der Waals surface area contributed by atoms with Crippen LogP contribution in [0.4, 0.5) is 0 Å². The Morgan fingerprint density at radius 3 is 2.81 bits per heavy atom.